The predicted molar refractivity (Wildman–Crippen MR) is 71.5 cm³/mol. The standard InChI is InChI=1S/C13H9ClFNO2S/c14-7-3-4-8(9(15)5-7)12-16-10(6-1-2-6)11(19-12)13(17)18/h3-6H,1-2H2,(H,17,18). The Morgan fingerprint density at radius 3 is 2.79 bits per heavy atom. The summed E-state index contributed by atoms with van der Waals surface area (Å²) < 4.78 is 13.8. The summed E-state index contributed by atoms with van der Waals surface area (Å²) in [6, 6.07) is 4.30. The maximum Gasteiger partial charge on any atom is 0.347 e. The summed E-state index contributed by atoms with van der Waals surface area (Å²) in [7, 11) is 0. The summed E-state index contributed by atoms with van der Waals surface area (Å²) in [5.74, 6) is -1.27. The number of hydrogen-bond acceptors (Lipinski definition) is 3. The number of benzene rings is 1. The molecule has 1 saturated carbocycles. The van der Waals surface area contributed by atoms with Gasteiger partial charge in [0, 0.05) is 16.5 Å². The lowest BCUT2D eigenvalue weighted by molar-refractivity contribution is 0.0700. The molecular formula is C13H9ClFNO2S. The molecule has 1 heterocycles. The molecule has 1 aliphatic carbocycles. The quantitative estimate of drug-likeness (QED) is 0.924. The summed E-state index contributed by atoms with van der Waals surface area (Å²) >= 11 is 6.72. The van der Waals surface area contributed by atoms with E-state index in [0.29, 0.717) is 21.3 Å². The monoisotopic (exact) mass is 297 g/mol. The Balaban J connectivity index is 2.10. The van der Waals surface area contributed by atoms with Gasteiger partial charge in [0.1, 0.15) is 15.7 Å². The van der Waals surface area contributed by atoms with E-state index in [1.807, 2.05) is 0 Å². The van der Waals surface area contributed by atoms with Crippen molar-refractivity contribution in [2.75, 3.05) is 0 Å². The number of carboxylic acids is 1. The largest absolute Gasteiger partial charge is 0.477 e. The Hall–Kier alpha value is -1.46. The van der Waals surface area contributed by atoms with Gasteiger partial charge in [0.2, 0.25) is 0 Å². The fourth-order valence-corrected chi connectivity index (χ4v) is 3.07. The number of nitrogens with zero attached hydrogens (tertiary/aromatic N) is 1. The van der Waals surface area contributed by atoms with Gasteiger partial charge >= 0.3 is 5.97 Å². The van der Waals surface area contributed by atoms with E-state index in [-0.39, 0.29) is 10.8 Å². The number of aromatic nitrogens is 1. The maximum absolute atomic E-state index is 13.8. The van der Waals surface area contributed by atoms with Gasteiger partial charge in [-0.15, -0.1) is 11.3 Å². The van der Waals surface area contributed by atoms with Crippen LogP contribution in [0.2, 0.25) is 5.02 Å². The van der Waals surface area contributed by atoms with Crippen LogP contribution in [0.4, 0.5) is 4.39 Å². The Bertz CT molecular complexity index is 667. The van der Waals surface area contributed by atoms with Gasteiger partial charge in [0.25, 0.3) is 0 Å². The second-order valence-electron chi connectivity index (χ2n) is 4.44. The number of carbonyl (C=O) groups is 1. The average Bonchev–Trinajstić information content (AvgIpc) is 3.09. The van der Waals surface area contributed by atoms with E-state index in [1.165, 1.54) is 12.1 Å². The first-order chi connectivity index (χ1) is 9.06. The molecule has 0 aliphatic heterocycles. The van der Waals surface area contributed by atoms with Crippen molar-refractivity contribution in [1.82, 2.24) is 4.98 Å². The zero-order valence-corrected chi connectivity index (χ0v) is 11.3. The molecule has 1 aromatic carbocycles. The third-order valence-electron chi connectivity index (χ3n) is 2.97. The lowest BCUT2D eigenvalue weighted by Gasteiger charge is -1.98. The van der Waals surface area contributed by atoms with Crippen LogP contribution in [0, 0.1) is 5.82 Å². The minimum absolute atomic E-state index is 0.214. The minimum atomic E-state index is -1.000. The van der Waals surface area contributed by atoms with Crippen molar-refractivity contribution in [2.45, 2.75) is 18.8 Å². The molecule has 3 nitrogen and oxygen atoms in total. The molecule has 6 heteroatoms. The van der Waals surface area contributed by atoms with Crippen molar-refractivity contribution < 1.29 is 14.3 Å². The lowest BCUT2D eigenvalue weighted by Crippen LogP contribution is -1.97. The smallest absolute Gasteiger partial charge is 0.347 e. The van der Waals surface area contributed by atoms with Gasteiger partial charge in [-0.25, -0.2) is 14.2 Å². The zero-order chi connectivity index (χ0) is 13.6. The maximum atomic E-state index is 13.8. The van der Waals surface area contributed by atoms with Crippen LogP contribution >= 0.6 is 22.9 Å². The van der Waals surface area contributed by atoms with Crippen LogP contribution in [0.15, 0.2) is 18.2 Å². The molecule has 3 rings (SSSR count). The first-order valence-electron chi connectivity index (χ1n) is 5.75. The number of carboxylic acid groups (broad SMARTS) is 1. The molecule has 0 spiro atoms. The summed E-state index contributed by atoms with van der Waals surface area (Å²) in [6.45, 7) is 0. The second kappa shape index (κ2) is 4.58. The molecule has 1 aliphatic rings. The number of halogens is 2. The van der Waals surface area contributed by atoms with Gasteiger partial charge in [-0.1, -0.05) is 11.6 Å². The molecule has 1 N–H and O–H groups in total. The Morgan fingerprint density at radius 1 is 1.47 bits per heavy atom. The molecule has 0 radical (unpaired) electrons. The van der Waals surface area contributed by atoms with Crippen LogP contribution in [0.3, 0.4) is 0 Å². The molecule has 1 aromatic heterocycles. The molecule has 0 unspecified atom stereocenters. The Kier molecular flexibility index (Phi) is 3.03. The molecule has 0 saturated heterocycles. The molecule has 2 aromatic rings. The van der Waals surface area contributed by atoms with Gasteiger partial charge in [-0.3, -0.25) is 0 Å². The highest BCUT2D eigenvalue weighted by molar-refractivity contribution is 7.17. The number of thiazole rings is 1. The van der Waals surface area contributed by atoms with Gasteiger partial charge in [0.05, 0.1) is 5.69 Å². The van der Waals surface area contributed by atoms with Crippen LogP contribution in [0.5, 0.6) is 0 Å². The average molecular weight is 298 g/mol. The van der Waals surface area contributed by atoms with Gasteiger partial charge in [0.15, 0.2) is 0 Å². The highest BCUT2D eigenvalue weighted by Crippen LogP contribution is 2.44. The van der Waals surface area contributed by atoms with Crippen molar-refractivity contribution in [1.29, 1.82) is 0 Å². The zero-order valence-electron chi connectivity index (χ0n) is 9.69. The predicted octanol–water partition coefficient (Wildman–Crippen LogP) is 4.18. The van der Waals surface area contributed by atoms with Crippen molar-refractivity contribution in [2.24, 2.45) is 0 Å². The van der Waals surface area contributed by atoms with E-state index in [4.69, 9.17) is 11.6 Å². The van der Waals surface area contributed by atoms with Crippen molar-refractivity contribution >= 4 is 28.9 Å². The van der Waals surface area contributed by atoms with E-state index < -0.39 is 11.8 Å². The van der Waals surface area contributed by atoms with E-state index in [1.54, 1.807) is 6.07 Å². The number of hydrogen-bond donors (Lipinski definition) is 1. The minimum Gasteiger partial charge on any atom is -0.477 e. The van der Waals surface area contributed by atoms with E-state index in [2.05, 4.69) is 4.98 Å². The Labute approximate surface area is 117 Å². The molecule has 0 atom stereocenters. The van der Waals surface area contributed by atoms with Gasteiger partial charge in [-0.2, -0.15) is 0 Å². The Morgan fingerprint density at radius 2 is 2.21 bits per heavy atom. The molecule has 19 heavy (non-hydrogen) atoms. The van der Waals surface area contributed by atoms with E-state index in [9.17, 15) is 14.3 Å². The highest BCUT2D eigenvalue weighted by atomic mass is 35.5. The molecular weight excluding hydrogens is 289 g/mol. The van der Waals surface area contributed by atoms with Crippen molar-refractivity contribution in [3.05, 3.63) is 39.6 Å². The highest BCUT2D eigenvalue weighted by Gasteiger charge is 2.32. The van der Waals surface area contributed by atoms with Crippen molar-refractivity contribution in [3.8, 4) is 10.6 Å². The van der Waals surface area contributed by atoms with E-state index in [0.717, 1.165) is 24.2 Å². The summed E-state index contributed by atoms with van der Waals surface area (Å²) in [6.07, 6.45) is 1.90. The lowest BCUT2D eigenvalue weighted by atomic mass is 10.2. The summed E-state index contributed by atoms with van der Waals surface area (Å²) in [4.78, 5) is 15.7. The first-order valence-corrected chi connectivity index (χ1v) is 6.95. The van der Waals surface area contributed by atoms with Crippen LogP contribution in [0.1, 0.15) is 34.1 Å². The molecule has 98 valence electrons. The normalized spacial score (nSPS) is 14.6. The van der Waals surface area contributed by atoms with Crippen LogP contribution < -0.4 is 0 Å². The van der Waals surface area contributed by atoms with Crippen molar-refractivity contribution in [3.63, 3.8) is 0 Å². The second-order valence-corrected chi connectivity index (χ2v) is 5.87. The first kappa shape index (κ1) is 12.6. The van der Waals surface area contributed by atoms with Crippen LogP contribution in [-0.2, 0) is 0 Å². The molecule has 0 bridgehead atoms. The fraction of sp³-hybridized carbons (Fsp3) is 0.231. The fourth-order valence-electron chi connectivity index (χ4n) is 1.90. The number of aromatic carboxylic acids is 1. The third-order valence-corrected chi connectivity index (χ3v) is 4.30. The van der Waals surface area contributed by atoms with Gasteiger partial charge in [-0.05, 0) is 31.0 Å². The molecule has 0 amide bonds. The van der Waals surface area contributed by atoms with Crippen LogP contribution in [-0.4, -0.2) is 16.1 Å². The van der Waals surface area contributed by atoms with E-state index >= 15 is 0 Å². The summed E-state index contributed by atoms with van der Waals surface area (Å²) in [5, 5.41) is 9.87. The van der Waals surface area contributed by atoms with Crippen LogP contribution in [0.25, 0.3) is 10.6 Å². The van der Waals surface area contributed by atoms with Gasteiger partial charge < -0.3 is 5.11 Å². The molecule has 1 fully saturated rings. The SMILES string of the molecule is O=C(O)c1sc(-c2ccc(Cl)cc2F)nc1C1CC1. The summed E-state index contributed by atoms with van der Waals surface area (Å²) in [5.41, 5.74) is 0.880. The third kappa shape index (κ3) is 2.35. The number of rotatable bonds is 3. The topological polar surface area (TPSA) is 50.2 Å².